The second-order valence-corrected chi connectivity index (χ2v) is 6.86. The summed E-state index contributed by atoms with van der Waals surface area (Å²) in [6.45, 7) is 6.03. The van der Waals surface area contributed by atoms with Gasteiger partial charge in [-0.3, -0.25) is 4.79 Å². The fraction of sp³-hybridized carbons (Fsp3) is 0.938. The number of carbonyl (C=O) groups is 1. The first kappa shape index (κ1) is 17.8. The van der Waals surface area contributed by atoms with E-state index in [1.807, 2.05) is 0 Å². The van der Waals surface area contributed by atoms with Crippen LogP contribution in [0.25, 0.3) is 0 Å². The molecule has 1 amide bonds. The molecule has 118 valence electrons. The van der Waals surface area contributed by atoms with Crippen LogP contribution in [0.4, 0.5) is 0 Å². The molecule has 2 aliphatic carbocycles. The van der Waals surface area contributed by atoms with Crippen LogP contribution in [-0.4, -0.2) is 29.9 Å². The second kappa shape index (κ2) is 8.23. The van der Waals surface area contributed by atoms with Crippen molar-refractivity contribution >= 4 is 18.3 Å². The van der Waals surface area contributed by atoms with E-state index in [-0.39, 0.29) is 18.3 Å². The maximum Gasteiger partial charge on any atom is 0.226 e. The van der Waals surface area contributed by atoms with E-state index in [0.29, 0.717) is 30.3 Å². The van der Waals surface area contributed by atoms with Gasteiger partial charge >= 0.3 is 0 Å². The third kappa shape index (κ3) is 4.11. The van der Waals surface area contributed by atoms with Crippen LogP contribution in [0.5, 0.6) is 0 Å². The smallest absolute Gasteiger partial charge is 0.226 e. The molecule has 0 saturated heterocycles. The topological polar surface area (TPSA) is 46.3 Å². The summed E-state index contributed by atoms with van der Waals surface area (Å²) < 4.78 is 0. The lowest BCUT2D eigenvalue weighted by molar-refractivity contribution is -0.139. The molecule has 0 unspecified atom stereocenters. The Morgan fingerprint density at radius 1 is 1.15 bits per heavy atom. The molecule has 2 atom stereocenters. The third-order valence-electron chi connectivity index (χ3n) is 4.89. The highest BCUT2D eigenvalue weighted by molar-refractivity contribution is 5.85. The van der Waals surface area contributed by atoms with Gasteiger partial charge < -0.3 is 10.6 Å². The highest BCUT2D eigenvalue weighted by atomic mass is 35.5. The van der Waals surface area contributed by atoms with Gasteiger partial charge in [0.2, 0.25) is 5.91 Å². The minimum Gasteiger partial charge on any atom is -0.339 e. The average Bonchev–Trinajstić information content (AvgIpc) is 3.05. The second-order valence-electron chi connectivity index (χ2n) is 6.86. The van der Waals surface area contributed by atoms with Gasteiger partial charge in [0.1, 0.15) is 0 Å². The summed E-state index contributed by atoms with van der Waals surface area (Å²) in [5, 5.41) is 0. The van der Waals surface area contributed by atoms with Crippen LogP contribution in [0, 0.1) is 17.8 Å². The van der Waals surface area contributed by atoms with Crippen molar-refractivity contribution in [3.8, 4) is 0 Å². The van der Waals surface area contributed by atoms with Crippen LogP contribution >= 0.6 is 12.4 Å². The van der Waals surface area contributed by atoms with Gasteiger partial charge in [-0.2, -0.15) is 0 Å². The first-order valence-electron chi connectivity index (χ1n) is 8.14. The first-order chi connectivity index (χ1) is 9.13. The molecule has 2 fully saturated rings. The third-order valence-corrected chi connectivity index (χ3v) is 4.89. The quantitative estimate of drug-likeness (QED) is 0.847. The normalized spacial score (nSPS) is 26.8. The number of rotatable bonds is 5. The molecule has 2 saturated carbocycles. The van der Waals surface area contributed by atoms with Gasteiger partial charge in [0, 0.05) is 18.5 Å². The zero-order valence-corrected chi connectivity index (χ0v) is 13.8. The number of halogens is 1. The van der Waals surface area contributed by atoms with Crippen LogP contribution in [0.15, 0.2) is 0 Å². The summed E-state index contributed by atoms with van der Waals surface area (Å²) in [4.78, 5) is 15.1. The minimum atomic E-state index is 0. The molecule has 0 radical (unpaired) electrons. The SMILES string of the molecule is CC(C)CN(C(=O)[C@@H]1CCC[C@@H]1CN)C1CCCC1.Cl. The number of nitrogens with zero attached hydrogens (tertiary/aromatic N) is 1. The molecule has 4 heteroatoms. The van der Waals surface area contributed by atoms with Crippen molar-refractivity contribution in [2.45, 2.75) is 64.8 Å². The van der Waals surface area contributed by atoms with E-state index in [0.717, 1.165) is 19.4 Å². The molecule has 3 nitrogen and oxygen atoms in total. The summed E-state index contributed by atoms with van der Waals surface area (Å²) in [5.74, 6) is 1.61. The summed E-state index contributed by atoms with van der Waals surface area (Å²) in [6, 6.07) is 0.508. The van der Waals surface area contributed by atoms with Crippen molar-refractivity contribution < 1.29 is 4.79 Å². The van der Waals surface area contributed by atoms with E-state index in [1.54, 1.807) is 0 Å². The first-order valence-corrected chi connectivity index (χ1v) is 8.14. The van der Waals surface area contributed by atoms with Gasteiger partial charge in [-0.1, -0.05) is 33.1 Å². The molecule has 0 spiro atoms. The molecule has 2 rings (SSSR count). The largest absolute Gasteiger partial charge is 0.339 e. The Morgan fingerprint density at radius 2 is 1.80 bits per heavy atom. The van der Waals surface area contributed by atoms with E-state index in [2.05, 4.69) is 18.7 Å². The lowest BCUT2D eigenvalue weighted by Gasteiger charge is -2.34. The number of carbonyl (C=O) groups excluding carboxylic acids is 1. The van der Waals surface area contributed by atoms with Crippen molar-refractivity contribution in [1.82, 2.24) is 4.90 Å². The highest BCUT2D eigenvalue weighted by Gasteiger charge is 2.37. The van der Waals surface area contributed by atoms with Crippen LogP contribution in [-0.2, 0) is 4.79 Å². The van der Waals surface area contributed by atoms with Crippen LogP contribution in [0.3, 0.4) is 0 Å². The van der Waals surface area contributed by atoms with Crippen molar-refractivity contribution in [3.63, 3.8) is 0 Å². The van der Waals surface area contributed by atoms with Crippen molar-refractivity contribution in [2.75, 3.05) is 13.1 Å². The van der Waals surface area contributed by atoms with Crippen molar-refractivity contribution in [2.24, 2.45) is 23.5 Å². The van der Waals surface area contributed by atoms with Crippen LogP contribution < -0.4 is 5.73 Å². The molecule has 0 aliphatic heterocycles. The predicted molar refractivity (Wildman–Crippen MR) is 85.9 cm³/mol. The average molecular weight is 303 g/mol. The summed E-state index contributed by atoms with van der Waals surface area (Å²) in [7, 11) is 0. The zero-order chi connectivity index (χ0) is 13.8. The minimum absolute atomic E-state index is 0. The number of nitrogens with two attached hydrogens (primary N) is 1. The highest BCUT2D eigenvalue weighted by Crippen LogP contribution is 2.34. The van der Waals surface area contributed by atoms with Gasteiger partial charge in [0.25, 0.3) is 0 Å². The van der Waals surface area contributed by atoms with Gasteiger partial charge in [0.15, 0.2) is 0 Å². The molecule has 0 aromatic rings. The van der Waals surface area contributed by atoms with Crippen LogP contribution in [0.2, 0.25) is 0 Å². The molecular formula is C16H31ClN2O. The molecule has 0 aromatic heterocycles. The maximum absolute atomic E-state index is 12.9. The fourth-order valence-electron chi connectivity index (χ4n) is 3.89. The summed E-state index contributed by atoms with van der Waals surface area (Å²) >= 11 is 0. The molecule has 20 heavy (non-hydrogen) atoms. The van der Waals surface area contributed by atoms with E-state index in [9.17, 15) is 4.79 Å². The Hall–Kier alpha value is -0.280. The standard InChI is InChI=1S/C16H30N2O.ClH/c1-12(2)11-18(14-7-3-4-8-14)16(19)15-9-5-6-13(15)10-17;/h12-15H,3-11,17H2,1-2H3;1H/t13-,15-;/m1./s1. The Balaban J connectivity index is 0.00000200. The zero-order valence-electron chi connectivity index (χ0n) is 13.0. The molecule has 0 heterocycles. The summed E-state index contributed by atoms with van der Waals surface area (Å²) in [6.07, 6.45) is 8.37. The van der Waals surface area contributed by atoms with E-state index in [1.165, 1.54) is 32.1 Å². The fourth-order valence-corrected chi connectivity index (χ4v) is 3.89. The monoisotopic (exact) mass is 302 g/mol. The van der Waals surface area contributed by atoms with Crippen molar-refractivity contribution in [3.05, 3.63) is 0 Å². The number of amides is 1. The maximum atomic E-state index is 12.9. The lowest BCUT2D eigenvalue weighted by atomic mass is 9.93. The van der Waals surface area contributed by atoms with Gasteiger partial charge in [-0.25, -0.2) is 0 Å². The molecule has 2 aliphatic rings. The Kier molecular flexibility index (Phi) is 7.32. The number of hydrogen-bond donors (Lipinski definition) is 1. The van der Waals surface area contributed by atoms with E-state index >= 15 is 0 Å². The van der Waals surface area contributed by atoms with Gasteiger partial charge in [-0.15, -0.1) is 12.4 Å². The van der Waals surface area contributed by atoms with Crippen LogP contribution in [0.1, 0.15) is 58.8 Å². The number of hydrogen-bond acceptors (Lipinski definition) is 2. The van der Waals surface area contributed by atoms with Gasteiger partial charge in [-0.05, 0) is 44.1 Å². The Labute approximate surface area is 130 Å². The van der Waals surface area contributed by atoms with E-state index in [4.69, 9.17) is 5.73 Å². The lowest BCUT2D eigenvalue weighted by Crippen LogP contribution is -2.45. The molecular weight excluding hydrogens is 272 g/mol. The van der Waals surface area contributed by atoms with Crippen molar-refractivity contribution in [1.29, 1.82) is 0 Å². The van der Waals surface area contributed by atoms with Gasteiger partial charge in [0.05, 0.1) is 0 Å². The Morgan fingerprint density at radius 3 is 2.35 bits per heavy atom. The molecule has 0 bridgehead atoms. The van der Waals surface area contributed by atoms with E-state index < -0.39 is 0 Å². The Bertz CT molecular complexity index is 303. The summed E-state index contributed by atoms with van der Waals surface area (Å²) in [5.41, 5.74) is 5.85. The predicted octanol–water partition coefficient (Wildman–Crippen LogP) is 3.21. The molecule has 0 aromatic carbocycles. The molecule has 2 N–H and O–H groups in total.